The third kappa shape index (κ3) is 8.29. The summed E-state index contributed by atoms with van der Waals surface area (Å²) in [5.41, 5.74) is 4.54. The first-order valence-electron chi connectivity index (χ1n) is 10.8. The van der Waals surface area contributed by atoms with E-state index in [9.17, 15) is 5.11 Å². The first-order valence-corrected chi connectivity index (χ1v) is 11.6. The smallest absolute Gasteiger partial charge is 0.124 e. The number of allylic oxidation sites excluding steroid dienone is 1. The lowest BCUT2D eigenvalue weighted by Crippen LogP contribution is -2.20. The number of nitrogens with one attached hydrogen (secondary N) is 1. The highest BCUT2D eigenvalue weighted by molar-refractivity contribution is 7.21. The van der Waals surface area contributed by atoms with E-state index in [1.165, 1.54) is 10.3 Å². The van der Waals surface area contributed by atoms with Gasteiger partial charge in [-0.25, -0.2) is 4.98 Å². The molecular formula is C26H38N2OS. The van der Waals surface area contributed by atoms with Gasteiger partial charge in [0.05, 0.1) is 10.2 Å². The molecule has 0 fully saturated rings. The second-order valence-electron chi connectivity index (χ2n) is 7.76. The van der Waals surface area contributed by atoms with Gasteiger partial charge in [0.15, 0.2) is 0 Å². The molecule has 3 aromatic rings. The van der Waals surface area contributed by atoms with Gasteiger partial charge in [-0.15, -0.1) is 17.9 Å². The molecule has 0 saturated carbocycles. The van der Waals surface area contributed by atoms with Crippen LogP contribution < -0.4 is 5.32 Å². The van der Waals surface area contributed by atoms with E-state index >= 15 is 0 Å². The van der Waals surface area contributed by atoms with Crippen LogP contribution >= 0.6 is 11.3 Å². The van der Waals surface area contributed by atoms with Crippen LogP contribution in [0.2, 0.25) is 0 Å². The monoisotopic (exact) mass is 426 g/mol. The van der Waals surface area contributed by atoms with Crippen molar-refractivity contribution in [2.75, 3.05) is 18.5 Å². The van der Waals surface area contributed by atoms with Gasteiger partial charge >= 0.3 is 0 Å². The first kappa shape index (κ1) is 25.9. The molecule has 2 N–H and O–H groups in total. The Bertz CT molecular complexity index is 882. The van der Waals surface area contributed by atoms with Gasteiger partial charge in [-0.05, 0) is 67.1 Å². The average molecular weight is 427 g/mol. The summed E-state index contributed by atoms with van der Waals surface area (Å²) in [7, 11) is 0. The van der Waals surface area contributed by atoms with E-state index in [1.54, 1.807) is 11.3 Å². The van der Waals surface area contributed by atoms with Gasteiger partial charge in [0.2, 0.25) is 0 Å². The number of aryl methyl sites for hydroxylation is 1. The molecule has 0 aliphatic carbocycles. The molecule has 0 atom stereocenters. The molecule has 1 aromatic heterocycles. The Labute approximate surface area is 186 Å². The van der Waals surface area contributed by atoms with Crippen LogP contribution in [0.5, 0.6) is 0 Å². The van der Waals surface area contributed by atoms with E-state index < -0.39 is 0 Å². The van der Waals surface area contributed by atoms with Gasteiger partial charge in [0.1, 0.15) is 5.01 Å². The zero-order valence-corrected chi connectivity index (χ0v) is 20.3. The molecular weight excluding hydrogens is 388 g/mol. The molecule has 0 aliphatic heterocycles. The minimum absolute atomic E-state index is 0.0356. The van der Waals surface area contributed by atoms with Crippen molar-refractivity contribution in [3.63, 3.8) is 0 Å². The van der Waals surface area contributed by atoms with Crippen LogP contribution in [-0.4, -0.2) is 23.2 Å². The van der Waals surface area contributed by atoms with Crippen LogP contribution in [-0.2, 0) is 0 Å². The predicted molar refractivity (Wildman–Crippen MR) is 136 cm³/mol. The summed E-state index contributed by atoms with van der Waals surface area (Å²) in [4.78, 5) is 4.73. The highest BCUT2D eigenvalue weighted by Gasteiger charge is 2.15. The third-order valence-corrected chi connectivity index (χ3v) is 5.59. The van der Waals surface area contributed by atoms with Crippen molar-refractivity contribution in [2.45, 2.75) is 54.4 Å². The largest absolute Gasteiger partial charge is 0.396 e. The van der Waals surface area contributed by atoms with E-state index in [0.717, 1.165) is 41.2 Å². The number of hydrogen-bond acceptors (Lipinski definition) is 4. The number of thiazole rings is 1. The Balaban J connectivity index is 0.000000673. The molecule has 2 aromatic carbocycles. The normalized spacial score (nSPS) is 10.5. The summed E-state index contributed by atoms with van der Waals surface area (Å²) in [6.07, 6.45) is 3.89. The molecule has 0 unspecified atom stereocenters. The third-order valence-electron chi connectivity index (χ3n) is 4.52. The van der Waals surface area contributed by atoms with Gasteiger partial charge in [-0.3, -0.25) is 0 Å². The van der Waals surface area contributed by atoms with Crippen LogP contribution in [0.15, 0.2) is 55.1 Å². The maximum Gasteiger partial charge on any atom is 0.124 e. The number of hydrogen-bond donors (Lipinski definition) is 2. The molecule has 4 heteroatoms. The van der Waals surface area contributed by atoms with Crippen molar-refractivity contribution < 1.29 is 5.11 Å². The van der Waals surface area contributed by atoms with E-state index in [-0.39, 0.29) is 12.0 Å². The van der Waals surface area contributed by atoms with Crippen molar-refractivity contribution >= 4 is 27.2 Å². The lowest BCUT2D eigenvalue weighted by molar-refractivity contribution is 0.154. The fourth-order valence-electron chi connectivity index (χ4n) is 2.51. The lowest BCUT2D eigenvalue weighted by atomic mass is 9.91. The van der Waals surface area contributed by atoms with Crippen LogP contribution in [0, 0.1) is 12.3 Å². The SMILES string of the molecule is C=CCC.CC.Cc1ccc2nc(-c3ccc(NCCC(C)(C)CO)cc3)sc2c1. The topological polar surface area (TPSA) is 45.2 Å². The number of anilines is 1. The number of aromatic nitrogens is 1. The summed E-state index contributed by atoms with van der Waals surface area (Å²) in [6, 6.07) is 14.8. The molecule has 164 valence electrons. The Morgan fingerprint density at radius 3 is 2.33 bits per heavy atom. The summed E-state index contributed by atoms with van der Waals surface area (Å²) < 4.78 is 1.23. The zero-order chi connectivity index (χ0) is 22.6. The number of aliphatic hydroxyl groups is 1. The summed E-state index contributed by atoms with van der Waals surface area (Å²) in [5, 5.41) is 13.8. The average Bonchev–Trinajstić information content (AvgIpc) is 3.19. The second-order valence-corrected chi connectivity index (χ2v) is 8.79. The molecule has 30 heavy (non-hydrogen) atoms. The maximum absolute atomic E-state index is 9.30. The van der Waals surface area contributed by atoms with Crippen molar-refractivity contribution in [1.82, 2.24) is 4.98 Å². The Kier molecular flexibility index (Phi) is 11.4. The Hall–Kier alpha value is -2.17. The van der Waals surface area contributed by atoms with Crippen molar-refractivity contribution in [3.05, 3.63) is 60.7 Å². The van der Waals surface area contributed by atoms with Gasteiger partial charge in [0, 0.05) is 24.4 Å². The van der Waals surface area contributed by atoms with Crippen molar-refractivity contribution in [1.29, 1.82) is 0 Å². The Morgan fingerprint density at radius 1 is 1.13 bits per heavy atom. The molecule has 0 aliphatic rings. The summed E-state index contributed by atoms with van der Waals surface area (Å²) in [6.45, 7) is 16.9. The molecule has 1 heterocycles. The Morgan fingerprint density at radius 2 is 1.77 bits per heavy atom. The second kappa shape index (κ2) is 13.2. The molecule has 0 radical (unpaired) electrons. The van der Waals surface area contributed by atoms with Gasteiger partial charge in [0.25, 0.3) is 0 Å². The predicted octanol–water partition coefficient (Wildman–Crippen LogP) is 7.70. The molecule has 0 spiro atoms. The van der Waals surface area contributed by atoms with E-state index in [2.05, 4.69) is 82.1 Å². The van der Waals surface area contributed by atoms with Crippen molar-refractivity contribution in [2.24, 2.45) is 5.41 Å². The molecule has 0 saturated heterocycles. The van der Waals surface area contributed by atoms with Crippen LogP contribution in [0.4, 0.5) is 5.69 Å². The van der Waals surface area contributed by atoms with Crippen molar-refractivity contribution in [3.8, 4) is 10.6 Å². The lowest BCUT2D eigenvalue weighted by Gasteiger charge is -2.21. The van der Waals surface area contributed by atoms with E-state index in [0.29, 0.717) is 0 Å². The fourth-order valence-corrected chi connectivity index (χ4v) is 3.58. The molecule has 0 amide bonds. The molecule has 3 rings (SSSR count). The van der Waals surface area contributed by atoms with Crippen LogP contribution in [0.25, 0.3) is 20.8 Å². The van der Waals surface area contributed by atoms with E-state index in [4.69, 9.17) is 4.98 Å². The zero-order valence-electron chi connectivity index (χ0n) is 19.5. The van der Waals surface area contributed by atoms with Gasteiger partial charge < -0.3 is 10.4 Å². The standard InChI is InChI=1S/C20H24N2OS.C4H8.C2H6/c1-14-4-9-17-18(12-14)24-19(22-17)15-5-7-16(8-6-15)21-11-10-20(2,3)13-23;1-3-4-2;1-2/h4-9,12,21,23H,10-11,13H2,1-3H3;3H,1,4H2,2H3;1-2H3. The summed E-state index contributed by atoms with van der Waals surface area (Å²) >= 11 is 1.74. The number of fused-ring (bicyclic) bond motifs is 1. The minimum Gasteiger partial charge on any atom is -0.396 e. The highest BCUT2D eigenvalue weighted by atomic mass is 32.1. The van der Waals surface area contributed by atoms with Gasteiger partial charge in [-0.2, -0.15) is 0 Å². The number of rotatable bonds is 7. The fraction of sp³-hybridized carbons (Fsp3) is 0.423. The molecule has 0 bridgehead atoms. The minimum atomic E-state index is -0.0356. The first-order chi connectivity index (χ1) is 14.4. The highest BCUT2D eigenvalue weighted by Crippen LogP contribution is 2.31. The van der Waals surface area contributed by atoms with Gasteiger partial charge in [-0.1, -0.05) is 46.8 Å². The quantitative estimate of drug-likeness (QED) is 0.380. The number of nitrogens with zero attached hydrogens (tertiary/aromatic N) is 1. The number of aliphatic hydroxyl groups excluding tert-OH is 1. The summed E-state index contributed by atoms with van der Waals surface area (Å²) in [5.74, 6) is 0. The van der Waals surface area contributed by atoms with E-state index in [1.807, 2.05) is 19.9 Å². The van der Waals surface area contributed by atoms with Crippen LogP contribution in [0.1, 0.15) is 53.0 Å². The maximum atomic E-state index is 9.30. The van der Waals surface area contributed by atoms with Crippen LogP contribution in [0.3, 0.4) is 0 Å². The number of benzene rings is 2. The molecule has 3 nitrogen and oxygen atoms in total.